The summed E-state index contributed by atoms with van der Waals surface area (Å²) in [5.74, 6) is 1.17. The van der Waals surface area contributed by atoms with E-state index in [1.165, 1.54) is 0 Å². The topological polar surface area (TPSA) is 77.8 Å². The Labute approximate surface area is 125 Å². The summed E-state index contributed by atoms with van der Waals surface area (Å²) in [6.45, 7) is 0.621. The van der Waals surface area contributed by atoms with Crippen molar-refractivity contribution < 1.29 is 14.3 Å². The van der Waals surface area contributed by atoms with Crippen molar-refractivity contribution in [2.24, 2.45) is 0 Å². The van der Waals surface area contributed by atoms with E-state index in [4.69, 9.17) is 9.47 Å². The Bertz CT molecular complexity index is 826. The molecule has 1 amide bonds. The Hall–Kier alpha value is -3.09. The number of carbonyl (C=O) groups excluding carboxylic acids is 1. The molecule has 22 heavy (non-hydrogen) atoms. The highest BCUT2D eigenvalue weighted by Gasteiger charge is 2.14. The van der Waals surface area contributed by atoms with Gasteiger partial charge in [-0.2, -0.15) is 5.10 Å². The van der Waals surface area contributed by atoms with Gasteiger partial charge < -0.3 is 14.8 Å². The summed E-state index contributed by atoms with van der Waals surface area (Å²) in [7, 11) is 0. The predicted molar refractivity (Wildman–Crippen MR) is 76.7 cm³/mol. The zero-order valence-electron chi connectivity index (χ0n) is 11.5. The van der Waals surface area contributed by atoms with Crippen LogP contribution < -0.4 is 14.8 Å². The third-order valence-electron chi connectivity index (χ3n) is 3.36. The maximum atomic E-state index is 12.2. The fourth-order valence-electron chi connectivity index (χ4n) is 2.26. The van der Waals surface area contributed by atoms with Gasteiger partial charge in [-0.15, -0.1) is 0 Å². The van der Waals surface area contributed by atoms with Crippen LogP contribution in [-0.2, 0) is 6.54 Å². The Kier molecular flexibility index (Phi) is 2.89. The van der Waals surface area contributed by atoms with E-state index in [9.17, 15) is 4.79 Å². The van der Waals surface area contributed by atoms with Crippen molar-refractivity contribution in [1.82, 2.24) is 19.9 Å². The first kappa shape index (κ1) is 12.6. The second-order valence-corrected chi connectivity index (χ2v) is 4.82. The molecule has 0 atom stereocenters. The molecule has 0 saturated heterocycles. The molecule has 1 aliphatic rings. The van der Waals surface area contributed by atoms with Crippen LogP contribution >= 0.6 is 0 Å². The molecule has 0 fully saturated rings. The minimum Gasteiger partial charge on any atom is -0.454 e. The van der Waals surface area contributed by atoms with Crippen molar-refractivity contribution in [2.45, 2.75) is 6.54 Å². The van der Waals surface area contributed by atoms with E-state index in [-0.39, 0.29) is 12.7 Å². The number of carbonyl (C=O) groups is 1. The average Bonchev–Trinajstić information content (AvgIpc) is 3.18. The molecular formula is C15H12N4O3. The number of rotatable bonds is 3. The standard InChI is InChI=1S/C15H12N4O3/c20-15(11-7-14-16-4-1-5-19(14)18-11)17-8-10-2-3-12-13(6-10)22-9-21-12/h1-7H,8-9H2,(H,17,20). The van der Waals surface area contributed by atoms with E-state index in [0.29, 0.717) is 23.6 Å². The zero-order valence-corrected chi connectivity index (χ0v) is 11.5. The third-order valence-corrected chi connectivity index (χ3v) is 3.36. The molecule has 0 spiro atoms. The van der Waals surface area contributed by atoms with Crippen LogP contribution in [0.3, 0.4) is 0 Å². The lowest BCUT2D eigenvalue weighted by atomic mass is 10.2. The number of nitrogens with one attached hydrogen (secondary N) is 1. The van der Waals surface area contributed by atoms with Crippen LogP contribution in [0, 0.1) is 0 Å². The molecule has 7 heteroatoms. The lowest BCUT2D eigenvalue weighted by Crippen LogP contribution is -2.23. The second kappa shape index (κ2) is 5.03. The van der Waals surface area contributed by atoms with Gasteiger partial charge in [0.25, 0.3) is 5.91 Å². The maximum absolute atomic E-state index is 12.2. The van der Waals surface area contributed by atoms with Crippen LogP contribution in [0.5, 0.6) is 11.5 Å². The molecule has 7 nitrogen and oxygen atoms in total. The Morgan fingerprint density at radius 3 is 3.09 bits per heavy atom. The van der Waals surface area contributed by atoms with Crippen LogP contribution in [0.25, 0.3) is 5.65 Å². The molecule has 1 N–H and O–H groups in total. The van der Waals surface area contributed by atoms with E-state index in [2.05, 4.69) is 15.4 Å². The van der Waals surface area contributed by atoms with Gasteiger partial charge in [0.2, 0.25) is 6.79 Å². The van der Waals surface area contributed by atoms with Gasteiger partial charge in [-0.3, -0.25) is 4.79 Å². The second-order valence-electron chi connectivity index (χ2n) is 4.82. The Balaban J connectivity index is 1.48. The molecule has 2 aromatic heterocycles. The monoisotopic (exact) mass is 296 g/mol. The van der Waals surface area contributed by atoms with E-state index in [1.807, 2.05) is 18.2 Å². The number of aromatic nitrogens is 3. The van der Waals surface area contributed by atoms with Gasteiger partial charge in [0.15, 0.2) is 22.8 Å². The number of nitrogens with zero attached hydrogens (tertiary/aromatic N) is 3. The molecule has 1 aromatic carbocycles. The number of benzene rings is 1. The smallest absolute Gasteiger partial charge is 0.272 e. The summed E-state index contributed by atoms with van der Waals surface area (Å²) < 4.78 is 12.1. The van der Waals surface area contributed by atoms with Crippen molar-refractivity contribution in [3.63, 3.8) is 0 Å². The highest BCUT2D eigenvalue weighted by Crippen LogP contribution is 2.32. The Morgan fingerprint density at radius 2 is 2.18 bits per heavy atom. The predicted octanol–water partition coefficient (Wildman–Crippen LogP) is 1.39. The van der Waals surface area contributed by atoms with Gasteiger partial charge in [-0.1, -0.05) is 6.07 Å². The molecule has 3 heterocycles. The molecule has 0 bridgehead atoms. The summed E-state index contributed by atoms with van der Waals surface area (Å²) in [5.41, 5.74) is 1.90. The fraction of sp³-hybridized carbons (Fsp3) is 0.133. The summed E-state index contributed by atoms with van der Waals surface area (Å²) in [6, 6.07) is 8.98. The lowest BCUT2D eigenvalue weighted by molar-refractivity contribution is 0.0945. The van der Waals surface area contributed by atoms with Crippen LogP contribution in [0.4, 0.5) is 0 Å². The van der Waals surface area contributed by atoms with Crippen molar-refractivity contribution in [2.75, 3.05) is 6.79 Å². The molecule has 4 rings (SSSR count). The SMILES string of the molecule is O=C(NCc1ccc2c(c1)OCO2)c1cc2ncccn2n1. The molecule has 1 aliphatic heterocycles. The minimum absolute atomic E-state index is 0.236. The molecule has 0 aliphatic carbocycles. The van der Waals surface area contributed by atoms with E-state index >= 15 is 0 Å². The first-order valence-corrected chi connectivity index (χ1v) is 6.77. The number of amides is 1. The van der Waals surface area contributed by atoms with Crippen LogP contribution in [0.1, 0.15) is 16.1 Å². The quantitative estimate of drug-likeness (QED) is 0.790. The van der Waals surface area contributed by atoms with Gasteiger partial charge >= 0.3 is 0 Å². The van der Waals surface area contributed by atoms with Crippen LogP contribution in [0.15, 0.2) is 42.7 Å². The van der Waals surface area contributed by atoms with Crippen LogP contribution in [0.2, 0.25) is 0 Å². The van der Waals surface area contributed by atoms with Gasteiger partial charge in [0.1, 0.15) is 0 Å². The van der Waals surface area contributed by atoms with Crippen LogP contribution in [-0.4, -0.2) is 27.3 Å². The molecule has 3 aromatic rings. The molecule has 0 radical (unpaired) electrons. The van der Waals surface area contributed by atoms with E-state index in [1.54, 1.807) is 29.0 Å². The van der Waals surface area contributed by atoms with Gasteiger partial charge in [0, 0.05) is 25.0 Å². The van der Waals surface area contributed by atoms with Crippen molar-refractivity contribution in [3.05, 3.63) is 54.0 Å². The van der Waals surface area contributed by atoms with E-state index < -0.39 is 0 Å². The van der Waals surface area contributed by atoms with Crippen molar-refractivity contribution >= 4 is 11.6 Å². The summed E-state index contributed by atoms with van der Waals surface area (Å²) in [4.78, 5) is 16.3. The first-order valence-electron chi connectivity index (χ1n) is 6.77. The minimum atomic E-state index is -0.247. The molecule has 0 unspecified atom stereocenters. The third kappa shape index (κ3) is 2.22. The largest absolute Gasteiger partial charge is 0.454 e. The summed E-state index contributed by atoms with van der Waals surface area (Å²) in [5, 5.41) is 7.01. The number of fused-ring (bicyclic) bond motifs is 2. The number of ether oxygens (including phenoxy) is 2. The summed E-state index contributed by atoms with van der Waals surface area (Å²) >= 11 is 0. The maximum Gasteiger partial charge on any atom is 0.272 e. The lowest BCUT2D eigenvalue weighted by Gasteiger charge is -2.04. The average molecular weight is 296 g/mol. The van der Waals surface area contributed by atoms with Gasteiger partial charge in [-0.05, 0) is 23.8 Å². The zero-order chi connectivity index (χ0) is 14.9. The number of hydrogen-bond donors (Lipinski definition) is 1. The normalized spacial score (nSPS) is 12.5. The fourth-order valence-corrected chi connectivity index (χ4v) is 2.26. The highest BCUT2D eigenvalue weighted by molar-refractivity contribution is 5.93. The Morgan fingerprint density at radius 1 is 1.27 bits per heavy atom. The molecule has 110 valence electrons. The van der Waals surface area contributed by atoms with E-state index in [0.717, 1.165) is 11.3 Å². The van der Waals surface area contributed by atoms with Gasteiger partial charge in [0.05, 0.1) is 0 Å². The first-order chi connectivity index (χ1) is 10.8. The summed E-state index contributed by atoms with van der Waals surface area (Å²) in [6.07, 6.45) is 3.41. The molecule has 0 saturated carbocycles. The van der Waals surface area contributed by atoms with Gasteiger partial charge in [-0.25, -0.2) is 9.50 Å². The van der Waals surface area contributed by atoms with Crippen molar-refractivity contribution in [1.29, 1.82) is 0 Å². The highest BCUT2D eigenvalue weighted by atomic mass is 16.7. The van der Waals surface area contributed by atoms with Crippen molar-refractivity contribution in [3.8, 4) is 11.5 Å². The number of hydrogen-bond acceptors (Lipinski definition) is 5. The molecular weight excluding hydrogens is 284 g/mol.